The zero-order chi connectivity index (χ0) is 15.7. The molecule has 0 spiro atoms. The molecule has 1 amide bonds. The number of ether oxygens (including phenoxy) is 2. The maximum atomic E-state index is 12.6. The van der Waals surface area contributed by atoms with Crippen molar-refractivity contribution in [1.29, 1.82) is 0 Å². The number of nitrogens with zero attached hydrogens (tertiary/aromatic N) is 3. The van der Waals surface area contributed by atoms with Gasteiger partial charge in [0.15, 0.2) is 5.69 Å². The topological polar surface area (TPSA) is 73.7 Å². The first-order chi connectivity index (χ1) is 10.6. The van der Waals surface area contributed by atoms with Crippen LogP contribution in [0.1, 0.15) is 30.3 Å². The number of likely N-dealkylation sites (tertiary alicyclic amines) is 1. The van der Waals surface area contributed by atoms with E-state index in [1.54, 1.807) is 16.5 Å². The lowest BCUT2D eigenvalue weighted by Crippen LogP contribution is -2.43. The Morgan fingerprint density at radius 2 is 2.27 bits per heavy atom. The van der Waals surface area contributed by atoms with Gasteiger partial charge in [0.25, 0.3) is 5.91 Å². The number of rotatable bonds is 3. The van der Waals surface area contributed by atoms with Crippen molar-refractivity contribution in [3.8, 4) is 5.88 Å². The minimum absolute atomic E-state index is 0.195. The quantitative estimate of drug-likeness (QED) is 0.783. The number of esters is 1. The van der Waals surface area contributed by atoms with Crippen molar-refractivity contribution in [1.82, 2.24) is 14.7 Å². The van der Waals surface area contributed by atoms with Crippen molar-refractivity contribution < 1.29 is 19.1 Å². The second-order valence-electron chi connectivity index (χ2n) is 5.38. The summed E-state index contributed by atoms with van der Waals surface area (Å²) in [4.78, 5) is 26.1. The molecule has 8 heteroatoms. The highest BCUT2D eigenvalue weighted by molar-refractivity contribution is 6.34. The highest BCUT2D eigenvalue weighted by atomic mass is 35.5. The minimum atomic E-state index is -0.276. The van der Waals surface area contributed by atoms with Crippen molar-refractivity contribution in [2.75, 3.05) is 26.3 Å². The first-order valence-electron chi connectivity index (χ1n) is 7.46. The van der Waals surface area contributed by atoms with Crippen molar-refractivity contribution in [2.24, 2.45) is 5.92 Å². The Bertz CT molecular complexity index is 601. The van der Waals surface area contributed by atoms with E-state index in [2.05, 4.69) is 5.10 Å². The molecule has 1 fully saturated rings. The fourth-order valence-electron chi connectivity index (χ4n) is 2.84. The Morgan fingerprint density at radius 1 is 1.45 bits per heavy atom. The summed E-state index contributed by atoms with van der Waals surface area (Å²) in [7, 11) is 0. The standard InChI is InChI=1S/C14H18ClN3O4/c1-2-21-14(20)9-4-3-5-17(8-9)12(19)11-10(15)13-18(16-11)6-7-22-13/h9H,2-8H2,1H3. The summed E-state index contributed by atoms with van der Waals surface area (Å²) < 4.78 is 12.0. The summed E-state index contributed by atoms with van der Waals surface area (Å²) in [6.07, 6.45) is 1.50. The summed E-state index contributed by atoms with van der Waals surface area (Å²) in [6, 6.07) is 0. The zero-order valence-corrected chi connectivity index (χ0v) is 13.1. The fourth-order valence-corrected chi connectivity index (χ4v) is 3.11. The number of hydrogen-bond acceptors (Lipinski definition) is 5. The molecule has 2 aliphatic rings. The highest BCUT2D eigenvalue weighted by Crippen LogP contribution is 2.32. The van der Waals surface area contributed by atoms with E-state index in [1.165, 1.54) is 0 Å². The molecule has 1 aromatic heterocycles. The molecule has 22 heavy (non-hydrogen) atoms. The molecule has 0 radical (unpaired) electrons. The first-order valence-corrected chi connectivity index (χ1v) is 7.84. The van der Waals surface area contributed by atoms with E-state index in [9.17, 15) is 9.59 Å². The summed E-state index contributed by atoms with van der Waals surface area (Å²) in [5.41, 5.74) is 0.195. The number of fused-ring (bicyclic) bond motifs is 1. The second kappa shape index (κ2) is 6.16. The number of hydrogen-bond donors (Lipinski definition) is 0. The van der Waals surface area contributed by atoms with Gasteiger partial charge < -0.3 is 14.4 Å². The van der Waals surface area contributed by atoms with E-state index in [1.807, 2.05) is 0 Å². The molecule has 0 N–H and O–H groups in total. The second-order valence-corrected chi connectivity index (χ2v) is 5.76. The van der Waals surface area contributed by atoms with E-state index in [4.69, 9.17) is 21.1 Å². The SMILES string of the molecule is CCOC(=O)C1CCCN(C(=O)c2nn3c(c2Cl)OCC3)C1. The van der Waals surface area contributed by atoms with Crippen LogP contribution in [-0.4, -0.2) is 52.9 Å². The van der Waals surface area contributed by atoms with Crippen LogP contribution < -0.4 is 4.74 Å². The number of amides is 1. The average Bonchev–Trinajstić information content (AvgIpc) is 3.10. The van der Waals surface area contributed by atoms with Gasteiger partial charge in [0.1, 0.15) is 11.6 Å². The van der Waals surface area contributed by atoms with Crippen LogP contribution in [0.25, 0.3) is 0 Å². The van der Waals surface area contributed by atoms with Gasteiger partial charge in [-0.15, -0.1) is 0 Å². The van der Waals surface area contributed by atoms with Gasteiger partial charge in [-0.2, -0.15) is 5.10 Å². The molecule has 1 aromatic rings. The third kappa shape index (κ3) is 2.65. The van der Waals surface area contributed by atoms with Gasteiger partial charge in [-0.25, -0.2) is 4.68 Å². The van der Waals surface area contributed by atoms with Crippen molar-refractivity contribution >= 4 is 23.5 Å². The van der Waals surface area contributed by atoms with Gasteiger partial charge in [-0.05, 0) is 19.8 Å². The van der Waals surface area contributed by atoms with Crippen LogP contribution in [-0.2, 0) is 16.1 Å². The monoisotopic (exact) mass is 327 g/mol. The summed E-state index contributed by atoms with van der Waals surface area (Å²) in [5, 5.41) is 4.47. The predicted octanol–water partition coefficient (Wildman–Crippen LogP) is 1.34. The maximum Gasteiger partial charge on any atom is 0.310 e. The highest BCUT2D eigenvalue weighted by Gasteiger charge is 2.33. The molecule has 3 heterocycles. The minimum Gasteiger partial charge on any atom is -0.475 e. The van der Waals surface area contributed by atoms with E-state index < -0.39 is 0 Å². The number of aromatic nitrogens is 2. The molecule has 0 saturated carbocycles. The van der Waals surface area contributed by atoms with Crippen LogP contribution in [0.15, 0.2) is 0 Å². The molecule has 3 rings (SSSR count). The van der Waals surface area contributed by atoms with Crippen molar-refractivity contribution in [3.63, 3.8) is 0 Å². The van der Waals surface area contributed by atoms with Crippen molar-refractivity contribution in [2.45, 2.75) is 26.3 Å². The van der Waals surface area contributed by atoms with Crippen LogP contribution in [0, 0.1) is 5.92 Å². The number of halogens is 1. The summed E-state index contributed by atoms with van der Waals surface area (Å²) >= 11 is 6.19. The largest absolute Gasteiger partial charge is 0.475 e. The molecule has 0 bridgehead atoms. The number of piperidine rings is 1. The average molecular weight is 328 g/mol. The normalized spacial score (nSPS) is 20.5. The third-order valence-electron chi connectivity index (χ3n) is 3.92. The van der Waals surface area contributed by atoms with E-state index in [0.717, 1.165) is 12.8 Å². The molecule has 1 atom stereocenters. The van der Waals surface area contributed by atoms with E-state index >= 15 is 0 Å². The lowest BCUT2D eigenvalue weighted by molar-refractivity contribution is -0.149. The third-order valence-corrected chi connectivity index (χ3v) is 4.26. The summed E-state index contributed by atoms with van der Waals surface area (Å²) in [6.45, 7) is 4.17. The summed E-state index contributed by atoms with van der Waals surface area (Å²) in [5.74, 6) is -0.336. The molecule has 0 aliphatic carbocycles. The van der Waals surface area contributed by atoms with Gasteiger partial charge >= 0.3 is 5.97 Å². The van der Waals surface area contributed by atoms with Gasteiger partial charge in [0.05, 0.1) is 19.1 Å². The molecule has 120 valence electrons. The maximum absolute atomic E-state index is 12.6. The lowest BCUT2D eigenvalue weighted by atomic mass is 9.98. The lowest BCUT2D eigenvalue weighted by Gasteiger charge is -2.31. The zero-order valence-electron chi connectivity index (χ0n) is 12.4. The van der Waals surface area contributed by atoms with E-state index in [-0.39, 0.29) is 28.5 Å². The van der Waals surface area contributed by atoms with Crippen molar-refractivity contribution in [3.05, 3.63) is 10.7 Å². The Hall–Kier alpha value is -1.76. The van der Waals surface area contributed by atoms with Crippen LogP contribution in [0.4, 0.5) is 0 Å². The predicted molar refractivity (Wildman–Crippen MR) is 78.0 cm³/mol. The molecular weight excluding hydrogens is 310 g/mol. The smallest absolute Gasteiger partial charge is 0.310 e. The first kappa shape index (κ1) is 15.1. The molecule has 1 unspecified atom stereocenters. The van der Waals surface area contributed by atoms with Crippen LogP contribution in [0.2, 0.25) is 5.02 Å². The number of carbonyl (C=O) groups excluding carboxylic acids is 2. The Balaban J connectivity index is 1.73. The Morgan fingerprint density at radius 3 is 3.00 bits per heavy atom. The van der Waals surface area contributed by atoms with Crippen LogP contribution in [0.3, 0.4) is 0 Å². The van der Waals surface area contributed by atoms with Crippen LogP contribution >= 0.6 is 11.6 Å². The molecule has 1 saturated heterocycles. The van der Waals surface area contributed by atoms with Gasteiger partial charge in [-0.3, -0.25) is 9.59 Å². The fraction of sp³-hybridized carbons (Fsp3) is 0.643. The van der Waals surface area contributed by atoms with E-state index in [0.29, 0.717) is 38.7 Å². The molecule has 7 nitrogen and oxygen atoms in total. The van der Waals surface area contributed by atoms with Crippen LogP contribution in [0.5, 0.6) is 5.88 Å². The molecule has 0 aromatic carbocycles. The van der Waals surface area contributed by atoms with Gasteiger partial charge in [0.2, 0.25) is 5.88 Å². The Kier molecular flexibility index (Phi) is 4.24. The van der Waals surface area contributed by atoms with Gasteiger partial charge in [-0.1, -0.05) is 11.6 Å². The molecule has 2 aliphatic heterocycles. The van der Waals surface area contributed by atoms with Gasteiger partial charge in [0, 0.05) is 13.1 Å². The Labute approximate surface area is 133 Å². The molecular formula is C14H18ClN3O4. The number of carbonyl (C=O) groups is 2.